The standard InChI is InChI=1S/C87H150O17P2/c1-5-9-13-17-21-25-29-33-36-38-40-42-45-48-51-55-59-63-67-71-84(89)97-77-82(103-86(91)73-69-65-61-57-53-47-32-28-24-20-16-12-8-4)79-101-105(93,94)99-75-81(88)76-100-106(95,96)102-80-83(104-87(92)74-70-66-62-58-54-50-44-35-31-27-23-19-15-11-7-3)78-98-85(90)72-68-64-60-56-52-49-46-43-41-39-37-34-30-26-22-18-14-10-6-2/h9-10,13-14,21-22,25-26,33-34,36-37,40-43,48,51,59,63,81-83,88H,5-8,11-12,15-20,23-24,27-32,35,38-39,44-47,49-50,52-58,60-62,64-80H2,1-4H3,(H,93,94)(H,95,96)/b13-9-,14-10-,25-21-,26-22-,36-33-,37-34-,42-40-,43-41-,51-48-,63-59-. The maximum Gasteiger partial charge on any atom is 0.472 e. The van der Waals surface area contributed by atoms with Crippen molar-refractivity contribution in [2.24, 2.45) is 0 Å². The minimum atomic E-state index is -4.99. The number of carbonyl (C=O) groups excluding carboxylic acids is 4. The third kappa shape index (κ3) is 77.6. The normalized spacial score (nSPS) is 14.4. The highest BCUT2D eigenvalue weighted by Crippen LogP contribution is 2.45. The Hall–Kier alpha value is -4.54. The Balaban J connectivity index is 5.40. The van der Waals surface area contributed by atoms with Crippen LogP contribution in [0.5, 0.6) is 0 Å². The average molecular weight is 1530 g/mol. The largest absolute Gasteiger partial charge is 0.472 e. The number of carbonyl (C=O) groups is 4. The van der Waals surface area contributed by atoms with Crippen molar-refractivity contribution in [1.82, 2.24) is 0 Å². The summed E-state index contributed by atoms with van der Waals surface area (Å²) in [6.45, 7) is 4.60. The summed E-state index contributed by atoms with van der Waals surface area (Å²) in [7, 11) is -9.98. The molecule has 0 radical (unpaired) electrons. The Morgan fingerprint density at radius 1 is 0.274 bits per heavy atom. The number of ether oxygens (including phenoxy) is 4. The summed E-state index contributed by atoms with van der Waals surface area (Å²) in [4.78, 5) is 73.1. The van der Waals surface area contributed by atoms with Crippen LogP contribution in [0.2, 0.25) is 0 Å². The van der Waals surface area contributed by atoms with Crippen LogP contribution in [0.4, 0.5) is 0 Å². The smallest absolute Gasteiger partial charge is 0.462 e. The number of hydrogen-bond acceptors (Lipinski definition) is 15. The molecular formula is C87H150O17P2. The van der Waals surface area contributed by atoms with Crippen LogP contribution in [0, 0.1) is 0 Å². The summed E-state index contributed by atoms with van der Waals surface area (Å²) in [6.07, 6.45) is 87.5. The third-order valence-electron chi connectivity index (χ3n) is 17.5. The zero-order valence-electron chi connectivity index (χ0n) is 66.8. The highest BCUT2D eigenvalue weighted by molar-refractivity contribution is 7.47. The topological polar surface area (TPSA) is 237 Å². The lowest BCUT2D eigenvalue weighted by atomic mass is 10.0. The first-order valence-electron chi connectivity index (χ1n) is 41.8. The summed E-state index contributed by atoms with van der Waals surface area (Å²) < 4.78 is 68.7. The first kappa shape index (κ1) is 101. The van der Waals surface area contributed by atoms with Gasteiger partial charge in [-0.15, -0.1) is 0 Å². The quantitative estimate of drug-likeness (QED) is 0.0169. The van der Waals surface area contributed by atoms with E-state index in [4.69, 9.17) is 37.0 Å². The maximum absolute atomic E-state index is 13.1. The van der Waals surface area contributed by atoms with Gasteiger partial charge in [-0.2, -0.15) is 0 Å². The predicted molar refractivity (Wildman–Crippen MR) is 436 cm³/mol. The molecule has 106 heavy (non-hydrogen) atoms. The van der Waals surface area contributed by atoms with Crippen molar-refractivity contribution in [2.75, 3.05) is 39.6 Å². The summed E-state index contributed by atoms with van der Waals surface area (Å²) in [5.74, 6) is -2.27. The molecule has 610 valence electrons. The van der Waals surface area contributed by atoms with Gasteiger partial charge in [-0.3, -0.25) is 37.3 Å². The number of phosphoric acid groups is 2. The zero-order valence-corrected chi connectivity index (χ0v) is 68.6. The minimum absolute atomic E-state index is 0.0369. The van der Waals surface area contributed by atoms with Crippen LogP contribution in [0.15, 0.2) is 122 Å². The molecule has 0 spiro atoms. The number of aliphatic hydroxyl groups is 1. The number of hydrogen-bond donors (Lipinski definition) is 3. The van der Waals surface area contributed by atoms with Gasteiger partial charge in [0.15, 0.2) is 12.2 Å². The van der Waals surface area contributed by atoms with Gasteiger partial charge in [-0.05, 0) is 103 Å². The highest BCUT2D eigenvalue weighted by Gasteiger charge is 2.30. The van der Waals surface area contributed by atoms with Crippen LogP contribution in [-0.4, -0.2) is 96.7 Å². The van der Waals surface area contributed by atoms with Crippen molar-refractivity contribution in [2.45, 2.75) is 367 Å². The van der Waals surface area contributed by atoms with Crippen LogP contribution in [0.25, 0.3) is 0 Å². The van der Waals surface area contributed by atoms with Gasteiger partial charge in [-0.25, -0.2) is 9.13 Å². The lowest BCUT2D eigenvalue weighted by Crippen LogP contribution is -2.30. The van der Waals surface area contributed by atoms with Crippen LogP contribution >= 0.6 is 15.6 Å². The molecule has 5 unspecified atom stereocenters. The van der Waals surface area contributed by atoms with Gasteiger partial charge < -0.3 is 33.8 Å². The van der Waals surface area contributed by atoms with Crippen LogP contribution in [0.1, 0.15) is 349 Å². The van der Waals surface area contributed by atoms with Crippen molar-refractivity contribution in [3.05, 3.63) is 122 Å². The van der Waals surface area contributed by atoms with Crippen LogP contribution in [-0.2, 0) is 65.4 Å². The molecule has 5 atom stereocenters. The summed E-state index contributed by atoms with van der Waals surface area (Å²) in [5, 5.41) is 10.7. The van der Waals surface area contributed by atoms with E-state index >= 15 is 0 Å². The van der Waals surface area contributed by atoms with Crippen molar-refractivity contribution in [3.63, 3.8) is 0 Å². The molecule has 0 amide bonds. The molecule has 17 nitrogen and oxygen atoms in total. The monoisotopic (exact) mass is 1530 g/mol. The van der Waals surface area contributed by atoms with E-state index in [0.717, 1.165) is 148 Å². The molecular weight excluding hydrogens is 1380 g/mol. The number of allylic oxidation sites excluding steroid dienone is 20. The molecule has 0 saturated heterocycles. The van der Waals surface area contributed by atoms with Gasteiger partial charge in [-0.1, -0.05) is 342 Å². The van der Waals surface area contributed by atoms with Crippen molar-refractivity contribution >= 4 is 39.5 Å². The molecule has 19 heteroatoms. The molecule has 0 rings (SSSR count). The third-order valence-corrected chi connectivity index (χ3v) is 19.4. The van der Waals surface area contributed by atoms with E-state index in [-0.39, 0.29) is 25.7 Å². The summed E-state index contributed by atoms with van der Waals surface area (Å²) >= 11 is 0. The second-order valence-corrected chi connectivity index (χ2v) is 30.6. The van der Waals surface area contributed by atoms with E-state index in [1.807, 2.05) is 18.2 Å². The van der Waals surface area contributed by atoms with E-state index in [2.05, 4.69) is 131 Å². The van der Waals surface area contributed by atoms with Gasteiger partial charge >= 0.3 is 39.5 Å². The fourth-order valence-electron chi connectivity index (χ4n) is 11.2. The number of rotatable bonds is 78. The molecule has 0 saturated carbocycles. The van der Waals surface area contributed by atoms with Crippen molar-refractivity contribution in [3.8, 4) is 0 Å². The molecule has 0 aromatic heterocycles. The maximum atomic E-state index is 13.1. The second-order valence-electron chi connectivity index (χ2n) is 27.7. The lowest BCUT2D eigenvalue weighted by molar-refractivity contribution is -0.161. The van der Waals surface area contributed by atoms with Crippen molar-refractivity contribution in [1.29, 1.82) is 0 Å². The predicted octanol–water partition coefficient (Wildman–Crippen LogP) is 24.7. The van der Waals surface area contributed by atoms with Gasteiger partial charge in [0.1, 0.15) is 19.3 Å². The highest BCUT2D eigenvalue weighted by atomic mass is 31.2. The van der Waals surface area contributed by atoms with E-state index in [9.17, 15) is 43.2 Å². The van der Waals surface area contributed by atoms with E-state index in [0.29, 0.717) is 32.1 Å². The second kappa shape index (κ2) is 78.6. The zero-order chi connectivity index (χ0) is 77.4. The number of unbranched alkanes of at least 4 members (excludes halogenated alkanes) is 32. The van der Waals surface area contributed by atoms with Crippen molar-refractivity contribution < 1.29 is 80.2 Å². The Bertz CT molecular complexity index is 2480. The molecule has 3 N–H and O–H groups in total. The molecule has 0 bridgehead atoms. The first-order valence-corrected chi connectivity index (χ1v) is 44.8. The minimum Gasteiger partial charge on any atom is -0.462 e. The molecule has 0 aliphatic heterocycles. The first-order chi connectivity index (χ1) is 51.7. The lowest BCUT2D eigenvalue weighted by Gasteiger charge is -2.21. The van der Waals surface area contributed by atoms with E-state index < -0.39 is 97.5 Å². The van der Waals surface area contributed by atoms with Gasteiger partial charge in [0.25, 0.3) is 0 Å². The summed E-state index contributed by atoms with van der Waals surface area (Å²) in [6, 6.07) is 0. The fourth-order valence-corrected chi connectivity index (χ4v) is 12.8. The Morgan fingerprint density at radius 2 is 0.509 bits per heavy atom. The van der Waals surface area contributed by atoms with E-state index in [1.165, 1.54) is 116 Å². The average Bonchev–Trinajstić information content (AvgIpc) is 0.901. The van der Waals surface area contributed by atoms with E-state index in [1.54, 1.807) is 0 Å². The molecule has 0 aromatic rings. The van der Waals surface area contributed by atoms with Crippen LogP contribution < -0.4 is 0 Å². The molecule has 0 aliphatic rings. The Kier molecular flexibility index (Phi) is 75.2. The Labute approximate surface area is 644 Å². The SMILES string of the molecule is CC/C=C\C/C=C\C/C=C\C/C=C\C/C=C\C/C=C\CCC(=O)OCC(COP(=O)(O)OCC(O)COP(=O)(O)OCC(COC(=O)CCCCCCCC/C=C\C/C=C\C/C=C\C/C=C\CC)OC(=O)CCCCCCCCCCCCCCCCC)OC(=O)CCCCCCCCCCCCCCC. The van der Waals surface area contributed by atoms with Gasteiger partial charge in [0, 0.05) is 25.7 Å². The van der Waals surface area contributed by atoms with Gasteiger partial charge in [0.2, 0.25) is 0 Å². The van der Waals surface area contributed by atoms with Gasteiger partial charge in [0.05, 0.1) is 26.4 Å². The molecule has 0 heterocycles. The number of aliphatic hydroxyl groups excluding tert-OH is 1. The molecule has 0 aliphatic carbocycles. The molecule has 0 aromatic carbocycles. The fraction of sp³-hybridized carbons (Fsp3) is 0.724. The summed E-state index contributed by atoms with van der Waals surface area (Å²) in [5.41, 5.74) is 0. The number of esters is 4. The van der Waals surface area contributed by atoms with Crippen LogP contribution in [0.3, 0.4) is 0 Å². The molecule has 0 fully saturated rings. The number of phosphoric ester groups is 2. The Morgan fingerprint density at radius 3 is 0.811 bits per heavy atom.